The fourth-order valence-electron chi connectivity index (χ4n) is 0.647. The third-order valence-corrected chi connectivity index (χ3v) is 1.45. The lowest BCUT2D eigenvalue weighted by molar-refractivity contribution is -0.184. The molecule has 0 amide bonds. The monoisotopic (exact) mass is 192 g/mol. The molecular weight excluding hydrogens is 184 g/mol. The Hall–Kier alpha value is -1.47. The Morgan fingerprint density at radius 3 is 2.08 bits per heavy atom. The molecule has 2 atom stereocenters. The standard InChI is InChI=1S/C6H8O7/c7-2-1-6(13,5(11)12)3(8)4(9)10/h2-3,8,13H,1H2,(H,9,10)(H,11,12). The van der Waals surface area contributed by atoms with Crippen molar-refractivity contribution in [3.05, 3.63) is 0 Å². The molecular formula is C6H8O7. The third-order valence-electron chi connectivity index (χ3n) is 1.45. The van der Waals surface area contributed by atoms with Crippen molar-refractivity contribution in [1.82, 2.24) is 0 Å². The molecule has 0 radical (unpaired) electrons. The summed E-state index contributed by atoms with van der Waals surface area (Å²) in [7, 11) is 0. The molecule has 4 N–H and O–H groups in total. The van der Waals surface area contributed by atoms with Crippen LogP contribution in [0.5, 0.6) is 0 Å². The molecule has 0 aromatic carbocycles. The number of rotatable bonds is 5. The highest BCUT2D eigenvalue weighted by atomic mass is 16.4. The maximum absolute atomic E-state index is 10.3. The molecule has 0 saturated carbocycles. The number of hydrogen-bond acceptors (Lipinski definition) is 5. The number of carboxylic acid groups (broad SMARTS) is 2. The molecule has 0 fully saturated rings. The first-order valence-electron chi connectivity index (χ1n) is 3.16. The lowest BCUT2D eigenvalue weighted by atomic mass is 9.93. The SMILES string of the molecule is O=CCC(O)(C(=O)O)C(O)C(=O)O. The summed E-state index contributed by atoms with van der Waals surface area (Å²) in [5.41, 5.74) is -2.96. The van der Waals surface area contributed by atoms with Gasteiger partial charge in [-0.25, -0.2) is 9.59 Å². The zero-order valence-electron chi connectivity index (χ0n) is 6.38. The van der Waals surface area contributed by atoms with Gasteiger partial charge in [0.25, 0.3) is 0 Å². The number of aldehydes is 1. The minimum absolute atomic E-state index is 0.0142. The van der Waals surface area contributed by atoms with E-state index >= 15 is 0 Å². The van der Waals surface area contributed by atoms with Crippen LogP contribution in [-0.2, 0) is 14.4 Å². The van der Waals surface area contributed by atoms with Crippen LogP contribution in [0.3, 0.4) is 0 Å². The highest BCUT2D eigenvalue weighted by Gasteiger charge is 2.47. The predicted octanol–water partition coefficient (Wildman–Crippen LogP) is -2.16. The van der Waals surface area contributed by atoms with Crippen molar-refractivity contribution in [3.8, 4) is 0 Å². The van der Waals surface area contributed by atoms with Gasteiger partial charge in [-0.15, -0.1) is 0 Å². The van der Waals surface area contributed by atoms with E-state index in [9.17, 15) is 14.4 Å². The van der Waals surface area contributed by atoms with Gasteiger partial charge in [-0.2, -0.15) is 0 Å². The molecule has 13 heavy (non-hydrogen) atoms. The minimum Gasteiger partial charge on any atom is -0.479 e. The van der Waals surface area contributed by atoms with Crippen LogP contribution in [0.25, 0.3) is 0 Å². The molecule has 0 bridgehead atoms. The van der Waals surface area contributed by atoms with E-state index in [-0.39, 0.29) is 6.29 Å². The van der Waals surface area contributed by atoms with E-state index in [0.717, 1.165) is 0 Å². The smallest absolute Gasteiger partial charge is 0.339 e. The first-order valence-corrected chi connectivity index (χ1v) is 3.16. The van der Waals surface area contributed by atoms with E-state index in [4.69, 9.17) is 20.4 Å². The summed E-state index contributed by atoms with van der Waals surface area (Å²) < 4.78 is 0. The van der Waals surface area contributed by atoms with Gasteiger partial charge < -0.3 is 25.2 Å². The number of hydrogen-bond donors (Lipinski definition) is 4. The number of carbonyl (C=O) groups excluding carboxylic acids is 1. The van der Waals surface area contributed by atoms with Crippen LogP contribution >= 0.6 is 0 Å². The normalized spacial score (nSPS) is 17.1. The van der Waals surface area contributed by atoms with E-state index < -0.39 is 30.1 Å². The van der Waals surface area contributed by atoms with Crippen LogP contribution in [0.1, 0.15) is 6.42 Å². The number of aliphatic carboxylic acids is 2. The Kier molecular flexibility index (Phi) is 3.52. The number of carboxylic acids is 2. The van der Waals surface area contributed by atoms with Gasteiger partial charge in [0, 0.05) is 6.42 Å². The summed E-state index contributed by atoms with van der Waals surface area (Å²) in [5.74, 6) is -3.87. The first-order chi connectivity index (χ1) is 5.86. The van der Waals surface area contributed by atoms with E-state index in [1.165, 1.54) is 0 Å². The van der Waals surface area contributed by atoms with E-state index in [1.54, 1.807) is 0 Å². The predicted molar refractivity (Wildman–Crippen MR) is 36.9 cm³/mol. The second-order valence-electron chi connectivity index (χ2n) is 2.34. The summed E-state index contributed by atoms with van der Waals surface area (Å²) in [6, 6.07) is 0. The molecule has 0 aliphatic heterocycles. The van der Waals surface area contributed by atoms with Crippen LogP contribution in [0.2, 0.25) is 0 Å². The molecule has 0 aliphatic rings. The van der Waals surface area contributed by atoms with Gasteiger partial charge in [-0.3, -0.25) is 0 Å². The van der Waals surface area contributed by atoms with E-state index in [0.29, 0.717) is 0 Å². The van der Waals surface area contributed by atoms with Crippen molar-refractivity contribution < 1.29 is 34.8 Å². The average Bonchev–Trinajstić information content (AvgIpc) is 2.02. The van der Waals surface area contributed by atoms with Crippen molar-refractivity contribution >= 4 is 18.2 Å². The number of carbonyl (C=O) groups is 3. The van der Waals surface area contributed by atoms with Crippen molar-refractivity contribution in [1.29, 1.82) is 0 Å². The topological polar surface area (TPSA) is 132 Å². The number of aliphatic hydroxyl groups is 2. The molecule has 7 nitrogen and oxygen atoms in total. The Morgan fingerprint density at radius 2 is 1.85 bits per heavy atom. The van der Waals surface area contributed by atoms with Crippen molar-refractivity contribution in [3.63, 3.8) is 0 Å². The summed E-state index contributed by atoms with van der Waals surface area (Å²) in [5, 5.41) is 34.4. The minimum atomic E-state index is -2.96. The van der Waals surface area contributed by atoms with Gasteiger partial charge in [0.15, 0.2) is 6.10 Å². The van der Waals surface area contributed by atoms with Crippen LogP contribution in [0, 0.1) is 0 Å². The molecule has 7 heteroatoms. The Bertz CT molecular complexity index is 235. The van der Waals surface area contributed by atoms with Crippen molar-refractivity contribution in [2.45, 2.75) is 18.1 Å². The average molecular weight is 192 g/mol. The van der Waals surface area contributed by atoms with Crippen molar-refractivity contribution in [2.24, 2.45) is 0 Å². The fraction of sp³-hybridized carbons (Fsp3) is 0.500. The van der Waals surface area contributed by atoms with Gasteiger partial charge in [0.1, 0.15) is 6.29 Å². The fourth-order valence-corrected chi connectivity index (χ4v) is 0.647. The lowest BCUT2D eigenvalue weighted by Gasteiger charge is -2.23. The second-order valence-corrected chi connectivity index (χ2v) is 2.34. The molecule has 0 spiro atoms. The van der Waals surface area contributed by atoms with Gasteiger partial charge >= 0.3 is 11.9 Å². The highest BCUT2D eigenvalue weighted by molar-refractivity contribution is 5.89. The molecule has 0 heterocycles. The number of aliphatic hydroxyl groups excluding tert-OH is 1. The van der Waals surface area contributed by atoms with Crippen molar-refractivity contribution in [2.75, 3.05) is 0 Å². The van der Waals surface area contributed by atoms with Gasteiger partial charge in [0.05, 0.1) is 0 Å². The van der Waals surface area contributed by atoms with Crippen LogP contribution in [0.15, 0.2) is 0 Å². The molecule has 0 aliphatic carbocycles. The molecule has 0 saturated heterocycles. The van der Waals surface area contributed by atoms with Gasteiger partial charge in [-0.1, -0.05) is 0 Å². The quantitative estimate of drug-likeness (QED) is 0.364. The van der Waals surface area contributed by atoms with Gasteiger partial charge in [0.2, 0.25) is 5.60 Å². The first kappa shape index (κ1) is 11.5. The molecule has 74 valence electrons. The summed E-state index contributed by atoms with van der Waals surface area (Å²) in [6.45, 7) is 0. The highest BCUT2D eigenvalue weighted by Crippen LogP contribution is 2.15. The molecule has 2 unspecified atom stereocenters. The maximum atomic E-state index is 10.3. The zero-order valence-corrected chi connectivity index (χ0v) is 6.38. The third kappa shape index (κ3) is 2.23. The molecule has 0 aromatic rings. The van der Waals surface area contributed by atoms with Gasteiger partial charge in [-0.05, 0) is 0 Å². The Morgan fingerprint density at radius 1 is 1.38 bits per heavy atom. The lowest BCUT2D eigenvalue weighted by Crippen LogP contribution is -2.53. The zero-order chi connectivity index (χ0) is 10.6. The van der Waals surface area contributed by atoms with E-state index in [1.807, 2.05) is 0 Å². The summed E-state index contributed by atoms with van der Waals surface area (Å²) in [6.07, 6.45) is -3.51. The van der Waals surface area contributed by atoms with Crippen LogP contribution < -0.4 is 0 Å². The molecule has 0 rings (SSSR count). The Labute approximate surface area is 72.2 Å². The largest absolute Gasteiger partial charge is 0.479 e. The van der Waals surface area contributed by atoms with E-state index in [2.05, 4.69) is 0 Å². The summed E-state index contributed by atoms with van der Waals surface area (Å²) in [4.78, 5) is 30.4. The second kappa shape index (κ2) is 3.97. The summed E-state index contributed by atoms with van der Waals surface area (Å²) >= 11 is 0. The maximum Gasteiger partial charge on any atom is 0.339 e. The molecule has 0 aromatic heterocycles. The van der Waals surface area contributed by atoms with Crippen LogP contribution in [-0.4, -0.2) is 50.4 Å². The Balaban J connectivity index is 4.87. The van der Waals surface area contributed by atoms with Crippen LogP contribution in [0.4, 0.5) is 0 Å².